The Morgan fingerprint density at radius 3 is 2.90 bits per heavy atom. The third kappa shape index (κ3) is 1.67. The lowest BCUT2D eigenvalue weighted by Gasteiger charge is -2.15. The van der Waals surface area contributed by atoms with Crippen molar-refractivity contribution in [2.45, 2.75) is 19.8 Å². The van der Waals surface area contributed by atoms with Gasteiger partial charge in [-0.25, -0.2) is 0 Å². The Morgan fingerprint density at radius 2 is 2.40 bits per heavy atom. The number of hydrogen-bond donors (Lipinski definition) is 1. The SMILES string of the molecule is CC1CC(=O)C=C(CO)C1. The van der Waals surface area contributed by atoms with Crippen LogP contribution in [0.25, 0.3) is 0 Å². The Bertz CT molecular complexity index is 170. The molecule has 0 aliphatic heterocycles. The standard InChI is InChI=1S/C8H12O2/c1-6-2-7(5-9)4-8(10)3-6/h4,6,9H,2-3,5H2,1H3. The monoisotopic (exact) mass is 140 g/mol. The van der Waals surface area contributed by atoms with E-state index in [4.69, 9.17) is 5.11 Å². The molecule has 1 N–H and O–H groups in total. The number of aliphatic hydroxyl groups is 1. The summed E-state index contributed by atoms with van der Waals surface area (Å²) in [5.41, 5.74) is 0.878. The van der Waals surface area contributed by atoms with E-state index in [1.54, 1.807) is 6.08 Å². The van der Waals surface area contributed by atoms with E-state index in [0.29, 0.717) is 12.3 Å². The van der Waals surface area contributed by atoms with Gasteiger partial charge in [-0.2, -0.15) is 0 Å². The first-order valence-corrected chi connectivity index (χ1v) is 3.55. The number of aliphatic hydroxyl groups excluding tert-OH is 1. The zero-order valence-corrected chi connectivity index (χ0v) is 6.13. The molecule has 0 heterocycles. The number of allylic oxidation sites excluding steroid dienone is 1. The molecule has 0 fully saturated rings. The summed E-state index contributed by atoms with van der Waals surface area (Å²) in [7, 11) is 0. The van der Waals surface area contributed by atoms with E-state index in [0.717, 1.165) is 12.0 Å². The van der Waals surface area contributed by atoms with Gasteiger partial charge in [-0.05, 0) is 24.0 Å². The van der Waals surface area contributed by atoms with Gasteiger partial charge < -0.3 is 5.11 Å². The summed E-state index contributed by atoms with van der Waals surface area (Å²) in [5, 5.41) is 8.71. The van der Waals surface area contributed by atoms with Crippen molar-refractivity contribution >= 4 is 5.78 Å². The van der Waals surface area contributed by atoms with Crippen LogP contribution in [0.4, 0.5) is 0 Å². The normalized spacial score (nSPS) is 26.4. The van der Waals surface area contributed by atoms with Crippen molar-refractivity contribution in [2.24, 2.45) is 5.92 Å². The van der Waals surface area contributed by atoms with Gasteiger partial charge in [0, 0.05) is 6.42 Å². The molecule has 1 atom stereocenters. The maximum atomic E-state index is 10.9. The molecule has 0 saturated heterocycles. The minimum Gasteiger partial charge on any atom is -0.392 e. The van der Waals surface area contributed by atoms with Crippen LogP contribution in [0.1, 0.15) is 19.8 Å². The second kappa shape index (κ2) is 2.97. The third-order valence-corrected chi connectivity index (χ3v) is 1.73. The summed E-state index contributed by atoms with van der Waals surface area (Å²) in [4.78, 5) is 10.9. The third-order valence-electron chi connectivity index (χ3n) is 1.73. The molecule has 0 radical (unpaired) electrons. The zero-order valence-electron chi connectivity index (χ0n) is 6.13. The Hall–Kier alpha value is -0.630. The maximum Gasteiger partial charge on any atom is 0.156 e. The first-order chi connectivity index (χ1) is 4.72. The molecule has 0 bridgehead atoms. The molecule has 0 spiro atoms. The van der Waals surface area contributed by atoms with Crippen LogP contribution in [0.15, 0.2) is 11.6 Å². The molecule has 0 aromatic rings. The molecule has 1 aliphatic carbocycles. The molecular weight excluding hydrogens is 128 g/mol. The van der Waals surface area contributed by atoms with Gasteiger partial charge >= 0.3 is 0 Å². The molecule has 0 aromatic carbocycles. The van der Waals surface area contributed by atoms with Crippen molar-refractivity contribution in [3.05, 3.63) is 11.6 Å². The molecule has 1 aliphatic rings. The summed E-state index contributed by atoms with van der Waals surface area (Å²) in [6.45, 7) is 2.07. The van der Waals surface area contributed by atoms with Crippen LogP contribution >= 0.6 is 0 Å². The number of hydrogen-bond acceptors (Lipinski definition) is 2. The van der Waals surface area contributed by atoms with E-state index in [9.17, 15) is 4.79 Å². The lowest BCUT2D eigenvalue weighted by atomic mass is 9.90. The number of ketones is 1. The summed E-state index contributed by atoms with van der Waals surface area (Å²) < 4.78 is 0. The quantitative estimate of drug-likeness (QED) is 0.587. The van der Waals surface area contributed by atoms with Gasteiger partial charge in [-0.1, -0.05) is 6.92 Å². The van der Waals surface area contributed by atoms with Gasteiger partial charge in [-0.3, -0.25) is 4.79 Å². The van der Waals surface area contributed by atoms with E-state index in [-0.39, 0.29) is 12.4 Å². The van der Waals surface area contributed by atoms with Crippen LogP contribution in [-0.4, -0.2) is 17.5 Å². The highest BCUT2D eigenvalue weighted by Crippen LogP contribution is 2.20. The molecule has 0 aromatic heterocycles. The summed E-state index contributed by atoms with van der Waals surface area (Å²) in [6.07, 6.45) is 3.09. The second-order valence-electron chi connectivity index (χ2n) is 2.94. The average Bonchev–Trinajstić information content (AvgIpc) is 1.85. The summed E-state index contributed by atoms with van der Waals surface area (Å²) in [5.74, 6) is 0.572. The number of carbonyl (C=O) groups is 1. The molecule has 0 amide bonds. The fourth-order valence-electron chi connectivity index (χ4n) is 1.32. The van der Waals surface area contributed by atoms with Crippen molar-refractivity contribution in [1.29, 1.82) is 0 Å². The molecule has 1 rings (SSSR count). The predicted molar refractivity (Wildman–Crippen MR) is 38.6 cm³/mol. The van der Waals surface area contributed by atoms with Crippen molar-refractivity contribution in [3.63, 3.8) is 0 Å². The van der Waals surface area contributed by atoms with Gasteiger partial charge in [0.15, 0.2) is 5.78 Å². The van der Waals surface area contributed by atoms with Crippen LogP contribution in [0.5, 0.6) is 0 Å². The minimum atomic E-state index is 0.0378. The van der Waals surface area contributed by atoms with Crippen molar-refractivity contribution in [2.75, 3.05) is 6.61 Å². The molecule has 1 unspecified atom stereocenters. The molecule has 2 nitrogen and oxygen atoms in total. The molecule has 56 valence electrons. The van der Waals surface area contributed by atoms with Crippen molar-refractivity contribution in [3.8, 4) is 0 Å². The van der Waals surface area contributed by atoms with Crippen molar-refractivity contribution < 1.29 is 9.90 Å². The Morgan fingerprint density at radius 1 is 1.70 bits per heavy atom. The Labute approximate surface area is 60.6 Å². The highest BCUT2D eigenvalue weighted by molar-refractivity contribution is 5.91. The van der Waals surface area contributed by atoms with E-state index < -0.39 is 0 Å². The van der Waals surface area contributed by atoms with Crippen LogP contribution in [-0.2, 0) is 4.79 Å². The fourth-order valence-corrected chi connectivity index (χ4v) is 1.32. The van der Waals surface area contributed by atoms with E-state index >= 15 is 0 Å². The number of carbonyl (C=O) groups excluding carboxylic acids is 1. The predicted octanol–water partition coefficient (Wildman–Crippen LogP) is 0.904. The zero-order chi connectivity index (χ0) is 7.56. The van der Waals surface area contributed by atoms with Gasteiger partial charge in [0.05, 0.1) is 6.61 Å². The maximum absolute atomic E-state index is 10.9. The lowest BCUT2D eigenvalue weighted by molar-refractivity contribution is -0.115. The van der Waals surface area contributed by atoms with E-state index in [1.807, 2.05) is 6.92 Å². The topological polar surface area (TPSA) is 37.3 Å². The summed E-state index contributed by atoms with van der Waals surface area (Å²) >= 11 is 0. The first kappa shape index (κ1) is 7.48. The highest BCUT2D eigenvalue weighted by atomic mass is 16.3. The highest BCUT2D eigenvalue weighted by Gasteiger charge is 2.15. The van der Waals surface area contributed by atoms with Gasteiger partial charge in [-0.15, -0.1) is 0 Å². The second-order valence-corrected chi connectivity index (χ2v) is 2.94. The van der Waals surface area contributed by atoms with Gasteiger partial charge in [0.2, 0.25) is 0 Å². The van der Waals surface area contributed by atoms with Gasteiger partial charge in [0.25, 0.3) is 0 Å². The van der Waals surface area contributed by atoms with Crippen molar-refractivity contribution in [1.82, 2.24) is 0 Å². The fraction of sp³-hybridized carbons (Fsp3) is 0.625. The Kier molecular flexibility index (Phi) is 2.22. The smallest absolute Gasteiger partial charge is 0.156 e. The van der Waals surface area contributed by atoms with Crippen LogP contribution in [0.2, 0.25) is 0 Å². The number of rotatable bonds is 1. The minimum absolute atomic E-state index is 0.0378. The van der Waals surface area contributed by atoms with Crippen LogP contribution < -0.4 is 0 Å². The van der Waals surface area contributed by atoms with Crippen LogP contribution in [0.3, 0.4) is 0 Å². The van der Waals surface area contributed by atoms with E-state index in [2.05, 4.69) is 0 Å². The largest absolute Gasteiger partial charge is 0.392 e. The molecular formula is C8H12O2. The Balaban J connectivity index is 2.65. The van der Waals surface area contributed by atoms with E-state index in [1.165, 1.54) is 0 Å². The molecule has 0 saturated carbocycles. The molecule has 2 heteroatoms. The summed E-state index contributed by atoms with van der Waals surface area (Å²) in [6, 6.07) is 0. The first-order valence-electron chi connectivity index (χ1n) is 3.55. The average molecular weight is 140 g/mol. The lowest BCUT2D eigenvalue weighted by Crippen LogP contribution is -2.12. The van der Waals surface area contributed by atoms with Gasteiger partial charge in [0.1, 0.15) is 0 Å². The molecule has 10 heavy (non-hydrogen) atoms. The van der Waals surface area contributed by atoms with Crippen LogP contribution in [0, 0.1) is 5.92 Å².